The first-order chi connectivity index (χ1) is 13.5. The Kier molecular flexibility index (Phi) is 5.44. The first-order valence-corrected chi connectivity index (χ1v) is 11.2. The summed E-state index contributed by atoms with van der Waals surface area (Å²) >= 11 is 0. The third-order valence-corrected chi connectivity index (χ3v) is 6.97. The van der Waals surface area contributed by atoms with Gasteiger partial charge in [-0.2, -0.15) is 0 Å². The van der Waals surface area contributed by atoms with E-state index in [4.69, 9.17) is 4.98 Å². The molecule has 0 amide bonds. The zero-order chi connectivity index (χ0) is 19.7. The molecule has 0 atom stereocenters. The molecular formula is C25H35N3. The second-order valence-electron chi connectivity index (χ2n) is 9.57. The van der Waals surface area contributed by atoms with Crippen molar-refractivity contribution >= 4 is 11.6 Å². The van der Waals surface area contributed by atoms with Gasteiger partial charge in [0.1, 0.15) is 11.6 Å². The predicted octanol–water partition coefficient (Wildman–Crippen LogP) is 7.08. The largest absolute Gasteiger partial charge is 0.325 e. The number of hydrogen-bond acceptors (Lipinski definition) is 3. The lowest BCUT2D eigenvalue weighted by atomic mass is 9.63. The molecule has 2 aliphatic rings. The van der Waals surface area contributed by atoms with Gasteiger partial charge in [-0.1, -0.05) is 47.0 Å². The SMILES string of the molecule is CC(C)c1ccnc(Nc2cc(C3(C(C)C)CCCCC3)cc(C3CC3)n2)c1. The minimum Gasteiger partial charge on any atom is -0.325 e. The standard InChI is InChI=1S/C25H35N3/c1-17(2)20-10-13-26-23(14-20)28-24-16-21(15-22(27-24)19-8-9-19)25(18(3)4)11-6-5-7-12-25/h10,13-19H,5-9,11-12H2,1-4H3,(H,26,27,28). The molecule has 2 saturated carbocycles. The summed E-state index contributed by atoms with van der Waals surface area (Å²) in [5, 5.41) is 3.54. The lowest BCUT2D eigenvalue weighted by Crippen LogP contribution is -2.35. The molecule has 2 aliphatic carbocycles. The van der Waals surface area contributed by atoms with Crippen LogP contribution in [0.4, 0.5) is 11.6 Å². The fourth-order valence-corrected chi connectivity index (χ4v) is 4.88. The first-order valence-electron chi connectivity index (χ1n) is 11.2. The molecule has 2 aromatic rings. The molecule has 2 fully saturated rings. The zero-order valence-corrected chi connectivity index (χ0v) is 18.0. The molecule has 0 unspecified atom stereocenters. The van der Waals surface area contributed by atoms with Gasteiger partial charge in [0.05, 0.1) is 0 Å². The van der Waals surface area contributed by atoms with Crippen LogP contribution in [0.3, 0.4) is 0 Å². The van der Waals surface area contributed by atoms with Crippen molar-refractivity contribution in [2.24, 2.45) is 5.92 Å². The fourth-order valence-electron chi connectivity index (χ4n) is 4.88. The Morgan fingerprint density at radius 3 is 2.36 bits per heavy atom. The highest BCUT2D eigenvalue weighted by atomic mass is 15.1. The van der Waals surface area contributed by atoms with Crippen molar-refractivity contribution in [3.8, 4) is 0 Å². The third-order valence-electron chi connectivity index (χ3n) is 6.97. The van der Waals surface area contributed by atoms with E-state index < -0.39 is 0 Å². The summed E-state index contributed by atoms with van der Waals surface area (Å²) in [5.41, 5.74) is 4.39. The molecule has 0 aromatic carbocycles. The molecule has 4 rings (SSSR count). The van der Waals surface area contributed by atoms with Crippen LogP contribution in [0.15, 0.2) is 30.5 Å². The molecule has 2 aromatic heterocycles. The minimum atomic E-state index is 0.300. The van der Waals surface area contributed by atoms with E-state index in [1.807, 2.05) is 6.20 Å². The molecule has 3 nitrogen and oxygen atoms in total. The van der Waals surface area contributed by atoms with Crippen molar-refractivity contribution in [2.75, 3.05) is 5.32 Å². The lowest BCUT2D eigenvalue weighted by Gasteiger charge is -2.42. The van der Waals surface area contributed by atoms with Gasteiger partial charge < -0.3 is 5.32 Å². The summed E-state index contributed by atoms with van der Waals surface area (Å²) in [6.07, 6.45) is 11.2. The second-order valence-corrected chi connectivity index (χ2v) is 9.57. The number of rotatable bonds is 6. The smallest absolute Gasteiger partial charge is 0.132 e. The summed E-state index contributed by atoms with van der Waals surface area (Å²) in [4.78, 5) is 9.55. The average molecular weight is 378 g/mol. The van der Waals surface area contributed by atoms with Gasteiger partial charge in [0.25, 0.3) is 0 Å². The molecule has 3 heteroatoms. The number of anilines is 2. The van der Waals surface area contributed by atoms with Crippen molar-refractivity contribution < 1.29 is 0 Å². The number of nitrogens with zero attached hydrogens (tertiary/aromatic N) is 2. The second kappa shape index (κ2) is 7.85. The normalized spacial score (nSPS) is 19.2. The molecule has 0 bridgehead atoms. The quantitative estimate of drug-likeness (QED) is 0.584. The summed E-state index contributed by atoms with van der Waals surface area (Å²) in [7, 11) is 0. The van der Waals surface area contributed by atoms with Gasteiger partial charge in [-0.25, -0.2) is 9.97 Å². The topological polar surface area (TPSA) is 37.8 Å². The predicted molar refractivity (Wildman–Crippen MR) is 117 cm³/mol. The van der Waals surface area contributed by atoms with E-state index in [0.717, 1.165) is 11.6 Å². The van der Waals surface area contributed by atoms with Crippen LogP contribution in [0, 0.1) is 5.92 Å². The van der Waals surface area contributed by atoms with E-state index in [0.29, 0.717) is 23.2 Å². The third kappa shape index (κ3) is 3.94. The molecule has 150 valence electrons. The summed E-state index contributed by atoms with van der Waals surface area (Å²) in [6, 6.07) is 9.02. The van der Waals surface area contributed by atoms with Gasteiger partial charge in [0, 0.05) is 17.8 Å². The molecular weight excluding hydrogens is 342 g/mol. The van der Waals surface area contributed by atoms with Crippen LogP contribution in [0.5, 0.6) is 0 Å². The van der Waals surface area contributed by atoms with E-state index >= 15 is 0 Å². The van der Waals surface area contributed by atoms with Gasteiger partial charge in [0.15, 0.2) is 0 Å². The van der Waals surface area contributed by atoms with Crippen molar-refractivity contribution in [2.45, 2.75) is 89.9 Å². The molecule has 2 heterocycles. The molecule has 0 saturated heterocycles. The Labute approximate surface area is 170 Å². The number of nitrogens with one attached hydrogen (secondary N) is 1. The molecule has 28 heavy (non-hydrogen) atoms. The Balaban J connectivity index is 1.71. The Hall–Kier alpha value is -1.90. The van der Waals surface area contributed by atoms with Crippen LogP contribution in [0.25, 0.3) is 0 Å². The van der Waals surface area contributed by atoms with Crippen LogP contribution in [-0.4, -0.2) is 9.97 Å². The van der Waals surface area contributed by atoms with Gasteiger partial charge in [-0.15, -0.1) is 0 Å². The van der Waals surface area contributed by atoms with E-state index in [2.05, 4.69) is 62.3 Å². The highest BCUT2D eigenvalue weighted by molar-refractivity contribution is 5.55. The monoisotopic (exact) mass is 377 g/mol. The van der Waals surface area contributed by atoms with E-state index in [9.17, 15) is 0 Å². The van der Waals surface area contributed by atoms with E-state index in [-0.39, 0.29) is 0 Å². The van der Waals surface area contributed by atoms with Crippen LogP contribution in [0.1, 0.15) is 101 Å². The van der Waals surface area contributed by atoms with Crippen molar-refractivity contribution in [3.63, 3.8) is 0 Å². The van der Waals surface area contributed by atoms with Crippen LogP contribution < -0.4 is 5.32 Å². The van der Waals surface area contributed by atoms with Gasteiger partial charge >= 0.3 is 0 Å². The van der Waals surface area contributed by atoms with Gasteiger partial charge in [0.2, 0.25) is 0 Å². The molecule has 0 radical (unpaired) electrons. The Morgan fingerprint density at radius 1 is 0.964 bits per heavy atom. The number of aromatic nitrogens is 2. The average Bonchev–Trinajstić information content (AvgIpc) is 3.54. The molecule has 0 aliphatic heterocycles. The lowest BCUT2D eigenvalue weighted by molar-refractivity contribution is 0.216. The zero-order valence-electron chi connectivity index (χ0n) is 18.0. The minimum absolute atomic E-state index is 0.300. The highest BCUT2D eigenvalue weighted by Gasteiger charge is 2.38. The summed E-state index contributed by atoms with van der Waals surface area (Å²) in [5.74, 6) is 3.68. The van der Waals surface area contributed by atoms with Crippen LogP contribution in [-0.2, 0) is 5.41 Å². The van der Waals surface area contributed by atoms with Gasteiger partial charge in [-0.3, -0.25) is 0 Å². The summed E-state index contributed by atoms with van der Waals surface area (Å²) < 4.78 is 0. The van der Waals surface area contributed by atoms with Crippen molar-refractivity contribution in [3.05, 3.63) is 47.3 Å². The van der Waals surface area contributed by atoms with Crippen molar-refractivity contribution in [1.82, 2.24) is 9.97 Å². The maximum Gasteiger partial charge on any atom is 0.132 e. The van der Waals surface area contributed by atoms with Crippen LogP contribution >= 0.6 is 0 Å². The maximum atomic E-state index is 5.00. The number of pyridine rings is 2. The molecule has 0 spiro atoms. The van der Waals surface area contributed by atoms with E-state index in [1.54, 1.807) is 0 Å². The fraction of sp³-hybridized carbons (Fsp3) is 0.600. The Morgan fingerprint density at radius 2 is 1.71 bits per heavy atom. The first kappa shape index (κ1) is 19.4. The number of hydrogen-bond donors (Lipinski definition) is 1. The Bertz CT molecular complexity index is 814. The van der Waals surface area contributed by atoms with E-state index in [1.165, 1.54) is 61.8 Å². The van der Waals surface area contributed by atoms with Crippen molar-refractivity contribution in [1.29, 1.82) is 0 Å². The maximum absolute atomic E-state index is 5.00. The summed E-state index contributed by atoms with van der Waals surface area (Å²) in [6.45, 7) is 9.25. The molecule has 1 N–H and O–H groups in total. The van der Waals surface area contributed by atoms with Gasteiger partial charge in [-0.05, 0) is 78.3 Å². The van der Waals surface area contributed by atoms with Crippen LogP contribution in [0.2, 0.25) is 0 Å². The highest BCUT2D eigenvalue weighted by Crippen LogP contribution is 2.48.